The first-order valence-corrected chi connectivity index (χ1v) is 13.8. The average molecular weight is 590 g/mol. The van der Waals surface area contributed by atoms with Crippen LogP contribution in [0.3, 0.4) is 0 Å². The molecule has 170 valence electrons. The van der Waals surface area contributed by atoms with E-state index in [1.54, 1.807) is 0 Å². The molecule has 0 aliphatic rings. The summed E-state index contributed by atoms with van der Waals surface area (Å²) < 4.78 is 3.86. The molecule has 0 bridgehead atoms. The SMILES string of the molecule is Ic1ccc(-c2ccc3ccc(-c4ccc(-c5cccc6c5sc5ccccc56)nc4)cc3c2)cc1. The number of rotatable bonds is 3. The van der Waals surface area contributed by atoms with E-state index >= 15 is 0 Å². The van der Waals surface area contributed by atoms with Gasteiger partial charge < -0.3 is 0 Å². The van der Waals surface area contributed by atoms with Crippen LogP contribution in [0.2, 0.25) is 0 Å². The van der Waals surface area contributed by atoms with Crippen molar-refractivity contribution in [1.82, 2.24) is 4.98 Å². The number of nitrogens with zero attached hydrogens (tertiary/aromatic N) is 1. The number of fused-ring (bicyclic) bond motifs is 4. The van der Waals surface area contributed by atoms with Gasteiger partial charge in [-0.3, -0.25) is 4.98 Å². The third kappa shape index (κ3) is 3.80. The highest BCUT2D eigenvalue weighted by atomic mass is 127. The summed E-state index contributed by atoms with van der Waals surface area (Å²) in [5, 5.41) is 5.10. The Morgan fingerprint density at radius 1 is 0.556 bits per heavy atom. The van der Waals surface area contributed by atoms with Gasteiger partial charge in [0.15, 0.2) is 0 Å². The van der Waals surface area contributed by atoms with Gasteiger partial charge in [0.05, 0.1) is 5.69 Å². The maximum absolute atomic E-state index is 4.91. The lowest BCUT2D eigenvalue weighted by Crippen LogP contribution is -1.86. The van der Waals surface area contributed by atoms with E-state index in [9.17, 15) is 0 Å². The van der Waals surface area contributed by atoms with Crippen molar-refractivity contribution >= 4 is 64.9 Å². The van der Waals surface area contributed by atoms with Crippen molar-refractivity contribution in [1.29, 1.82) is 0 Å². The van der Waals surface area contributed by atoms with Crippen molar-refractivity contribution in [2.24, 2.45) is 0 Å². The molecule has 5 aromatic carbocycles. The van der Waals surface area contributed by atoms with Gasteiger partial charge in [0, 0.05) is 41.1 Å². The van der Waals surface area contributed by atoms with Crippen LogP contribution in [0, 0.1) is 3.57 Å². The molecule has 0 fully saturated rings. The Morgan fingerprint density at radius 3 is 2.03 bits per heavy atom. The van der Waals surface area contributed by atoms with E-state index in [4.69, 9.17) is 4.98 Å². The van der Waals surface area contributed by atoms with Crippen LogP contribution in [0.5, 0.6) is 0 Å². The van der Waals surface area contributed by atoms with Crippen LogP contribution in [0.1, 0.15) is 0 Å². The second-order valence-electron chi connectivity index (χ2n) is 9.00. The summed E-state index contributed by atoms with van der Waals surface area (Å²) in [6.07, 6.45) is 2.01. The smallest absolute Gasteiger partial charge is 0.0716 e. The Balaban J connectivity index is 1.26. The first-order valence-electron chi connectivity index (χ1n) is 11.9. The van der Waals surface area contributed by atoms with Crippen molar-refractivity contribution in [3.8, 4) is 33.5 Å². The topological polar surface area (TPSA) is 12.9 Å². The summed E-state index contributed by atoms with van der Waals surface area (Å²) in [5.74, 6) is 0. The van der Waals surface area contributed by atoms with E-state index in [2.05, 4.69) is 138 Å². The largest absolute Gasteiger partial charge is 0.256 e. The van der Waals surface area contributed by atoms with Crippen LogP contribution >= 0.6 is 33.9 Å². The van der Waals surface area contributed by atoms with Gasteiger partial charge in [0.25, 0.3) is 0 Å². The molecule has 0 saturated carbocycles. The monoisotopic (exact) mass is 589 g/mol. The molecule has 0 amide bonds. The lowest BCUT2D eigenvalue weighted by Gasteiger charge is -2.08. The molecule has 2 aromatic heterocycles. The molecule has 36 heavy (non-hydrogen) atoms. The first-order chi connectivity index (χ1) is 17.7. The molecule has 0 radical (unpaired) electrons. The van der Waals surface area contributed by atoms with Gasteiger partial charge in [-0.25, -0.2) is 0 Å². The quantitative estimate of drug-likeness (QED) is 0.187. The van der Waals surface area contributed by atoms with E-state index in [-0.39, 0.29) is 0 Å². The summed E-state index contributed by atoms with van der Waals surface area (Å²) in [4.78, 5) is 4.91. The van der Waals surface area contributed by atoms with E-state index in [0.717, 1.165) is 11.3 Å². The van der Waals surface area contributed by atoms with Crippen molar-refractivity contribution in [2.75, 3.05) is 0 Å². The van der Waals surface area contributed by atoms with Gasteiger partial charge in [-0.05, 0) is 86.5 Å². The highest BCUT2D eigenvalue weighted by Gasteiger charge is 2.11. The molecule has 0 N–H and O–H groups in total. The van der Waals surface area contributed by atoms with Gasteiger partial charge in [0.2, 0.25) is 0 Å². The third-order valence-electron chi connectivity index (χ3n) is 6.79. The maximum atomic E-state index is 4.91. The fourth-order valence-electron chi connectivity index (χ4n) is 4.92. The number of thiophene rings is 1. The summed E-state index contributed by atoms with van der Waals surface area (Å²) in [5.41, 5.74) is 6.99. The second-order valence-corrected chi connectivity index (χ2v) is 11.3. The normalized spacial score (nSPS) is 11.5. The predicted octanol–water partition coefficient (Wildman–Crippen LogP) is 10.2. The zero-order chi connectivity index (χ0) is 24.1. The molecule has 2 heterocycles. The number of hydrogen-bond donors (Lipinski definition) is 0. The Labute approximate surface area is 227 Å². The van der Waals surface area contributed by atoms with Gasteiger partial charge in [-0.1, -0.05) is 78.9 Å². The van der Waals surface area contributed by atoms with Crippen molar-refractivity contribution in [3.63, 3.8) is 0 Å². The molecule has 0 spiro atoms. The molecule has 3 heteroatoms. The number of hydrogen-bond acceptors (Lipinski definition) is 2. The number of benzene rings is 5. The molecule has 0 saturated heterocycles. The highest BCUT2D eigenvalue weighted by molar-refractivity contribution is 14.1. The second kappa shape index (κ2) is 8.84. The van der Waals surface area contributed by atoms with E-state index in [1.807, 2.05) is 17.5 Å². The third-order valence-corrected chi connectivity index (χ3v) is 8.73. The predicted molar refractivity (Wildman–Crippen MR) is 164 cm³/mol. The van der Waals surface area contributed by atoms with Gasteiger partial charge >= 0.3 is 0 Å². The first kappa shape index (κ1) is 21.7. The van der Waals surface area contributed by atoms with E-state index < -0.39 is 0 Å². The fraction of sp³-hybridized carbons (Fsp3) is 0. The molecule has 1 nitrogen and oxygen atoms in total. The van der Waals surface area contributed by atoms with Crippen molar-refractivity contribution < 1.29 is 0 Å². The van der Waals surface area contributed by atoms with Crippen molar-refractivity contribution in [3.05, 3.63) is 125 Å². The minimum atomic E-state index is 1.01. The van der Waals surface area contributed by atoms with E-state index in [1.165, 1.54) is 56.8 Å². The van der Waals surface area contributed by atoms with Gasteiger partial charge in [-0.2, -0.15) is 0 Å². The molecule has 0 atom stereocenters. The van der Waals surface area contributed by atoms with E-state index in [0.29, 0.717) is 0 Å². The number of pyridine rings is 1. The summed E-state index contributed by atoms with van der Waals surface area (Å²) in [6, 6.07) is 41.6. The fourth-order valence-corrected chi connectivity index (χ4v) is 6.51. The lowest BCUT2D eigenvalue weighted by molar-refractivity contribution is 1.33. The summed E-state index contributed by atoms with van der Waals surface area (Å²) >= 11 is 4.19. The Morgan fingerprint density at radius 2 is 1.25 bits per heavy atom. The highest BCUT2D eigenvalue weighted by Crippen LogP contribution is 2.39. The molecule has 7 rings (SSSR count). The molecule has 7 aromatic rings. The van der Waals surface area contributed by atoms with Crippen LogP contribution in [0.15, 0.2) is 121 Å². The Bertz CT molecular complexity index is 1880. The molecule has 0 aliphatic heterocycles. The zero-order valence-electron chi connectivity index (χ0n) is 19.3. The van der Waals surface area contributed by atoms with Crippen LogP contribution < -0.4 is 0 Å². The average Bonchev–Trinajstić information content (AvgIpc) is 3.32. The van der Waals surface area contributed by atoms with Crippen LogP contribution in [0.25, 0.3) is 64.5 Å². The summed E-state index contributed by atoms with van der Waals surface area (Å²) in [6.45, 7) is 0. The van der Waals surface area contributed by atoms with Gasteiger partial charge in [-0.15, -0.1) is 11.3 Å². The minimum absolute atomic E-state index is 1.01. The molecular formula is C33H20INS. The van der Waals surface area contributed by atoms with Crippen molar-refractivity contribution in [2.45, 2.75) is 0 Å². The van der Waals surface area contributed by atoms with Crippen LogP contribution in [0.4, 0.5) is 0 Å². The Hall–Kier alpha value is -3.54. The summed E-state index contributed by atoms with van der Waals surface area (Å²) in [7, 11) is 0. The lowest BCUT2D eigenvalue weighted by atomic mass is 9.98. The zero-order valence-corrected chi connectivity index (χ0v) is 22.3. The number of halogens is 1. The molecule has 0 aliphatic carbocycles. The maximum Gasteiger partial charge on any atom is 0.0716 e. The standard InChI is InChI=1S/C33H20INS/c34-27-15-12-21(13-16-27)23-10-8-22-9-11-24(19-26(22)18-23)25-14-17-31(35-20-25)30-6-3-5-29-28-4-1-2-7-32(28)36-33(29)30/h1-20H. The Kier molecular flexibility index (Phi) is 5.33. The number of aromatic nitrogens is 1. The van der Waals surface area contributed by atoms with Crippen LogP contribution in [-0.2, 0) is 0 Å². The minimum Gasteiger partial charge on any atom is -0.256 e. The van der Waals surface area contributed by atoms with Crippen LogP contribution in [-0.4, -0.2) is 4.98 Å². The molecule has 0 unspecified atom stereocenters. The van der Waals surface area contributed by atoms with Gasteiger partial charge in [0.1, 0.15) is 0 Å². The molecular weight excluding hydrogens is 569 g/mol.